The first-order valence-corrected chi connectivity index (χ1v) is 16.0. The van der Waals surface area contributed by atoms with Gasteiger partial charge in [0.25, 0.3) is 5.91 Å². The molecule has 6 rings (SSSR count). The Balaban J connectivity index is 1.33. The molecule has 0 spiro atoms. The highest BCUT2D eigenvalue weighted by Crippen LogP contribution is 2.43. The molecular weight excluding hydrogens is 635 g/mol. The van der Waals surface area contributed by atoms with Gasteiger partial charge in [-0.3, -0.25) is 14.7 Å². The zero-order chi connectivity index (χ0) is 33.6. The standard InChI is InChI=1S/C33H32F3N5O5S/c1-4-46-31(44)26-24(38-28(29-37-9-11-47-29)39-27(26)20-6-5-7-22(34)18(20)3)16-40-10-8-33(36)19(14-40)15-41(32(33)45)25-12-17(2)21(30(42)43)13-23(25)35/h5-7,9,11-13,19,27H,4,8,10,14-16H2,1-3H3,(H,38,39)(H,42,43)/t19-,27-,33+/m0/s1. The van der Waals surface area contributed by atoms with Crippen LogP contribution in [0.4, 0.5) is 18.9 Å². The molecule has 0 bridgehead atoms. The number of rotatable bonds is 8. The lowest BCUT2D eigenvalue weighted by Gasteiger charge is -2.38. The van der Waals surface area contributed by atoms with Crippen LogP contribution in [0.3, 0.4) is 0 Å². The van der Waals surface area contributed by atoms with E-state index in [0.717, 1.165) is 11.0 Å². The van der Waals surface area contributed by atoms with E-state index in [2.05, 4.69) is 10.3 Å². The fraction of sp³-hybridized carbons (Fsp3) is 0.364. The summed E-state index contributed by atoms with van der Waals surface area (Å²) in [4.78, 5) is 50.5. The fourth-order valence-corrected chi connectivity index (χ4v) is 7.11. The third-order valence-corrected chi connectivity index (χ3v) is 9.76. The summed E-state index contributed by atoms with van der Waals surface area (Å²) in [6, 6.07) is 5.76. The monoisotopic (exact) mass is 667 g/mol. The van der Waals surface area contributed by atoms with E-state index in [1.807, 2.05) is 4.90 Å². The van der Waals surface area contributed by atoms with Crippen molar-refractivity contribution in [3.05, 3.63) is 92.1 Å². The quantitative estimate of drug-likeness (QED) is 0.331. The molecule has 0 unspecified atom stereocenters. The summed E-state index contributed by atoms with van der Waals surface area (Å²) < 4.78 is 51.7. The fourth-order valence-electron chi connectivity index (χ4n) is 6.53. The number of nitrogens with zero attached hydrogens (tertiary/aromatic N) is 4. The number of anilines is 1. The highest BCUT2D eigenvalue weighted by atomic mass is 32.1. The van der Waals surface area contributed by atoms with E-state index in [9.17, 15) is 23.9 Å². The number of carbonyl (C=O) groups excluding carboxylic acids is 2. The van der Waals surface area contributed by atoms with Crippen molar-refractivity contribution in [2.24, 2.45) is 10.9 Å². The normalized spacial score (nSPS) is 23.0. The number of amidine groups is 1. The zero-order valence-corrected chi connectivity index (χ0v) is 26.7. The number of fused-ring (bicyclic) bond motifs is 1. The molecule has 47 heavy (non-hydrogen) atoms. The van der Waals surface area contributed by atoms with Gasteiger partial charge in [-0.25, -0.2) is 27.7 Å². The molecule has 0 aliphatic carbocycles. The van der Waals surface area contributed by atoms with Crippen molar-refractivity contribution in [3.63, 3.8) is 0 Å². The lowest BCUT2D eigenvalue weighted by molar-refractivity contribution is -0.139. The summed E-state index contributed by atoms with van der Waals surface area (Å²) in [5.41, 5.74) is -1.02. The number of thiazole rings is 1. The summed E-state index contributed by atoms with van der Waals surface area (Å²) in [5.74, 6) is -4.66. The number of hydrogen-bond acceptors (Lipinski definition) is 9. The maximum absolute atomic E-state index is 16.4. The average Bonchev–Trinajstić information content (AvgIpc) is 3.66. The number of nitrogens with one attached hydrogen (secondary N) is 1. The molecule has 2 N–H and O–H groups in total. The average molecular weight is 668 g/mol. The number of esters is 1. The molecule has 2 saturated heterocycles. The van der Waals surface area contributed by atoms with Crippen LogP contribution in [0.25, 0.3) is 0 Å². The van der Waals surface area contributed by atoms with Gasteiger partial charge in [-0.2, -0.15) is 0 Å². The molecule has 1 amide bonds. The van der Waals surface area contributed by atoms with Crippen molar-refractivity contribution in [3.8, 4) is 0 Å². The van der Waals surface area contributed by atoms with Gasteiger partial charge in [-0.1, -0.05) is 12.1 Å². The number of carbonyl (C=O) groups is 3. The molecule has 3 atom stereocenters. The largest absolute Gasteiger partial charge is 0.478 e. The number of aryl methyl sites for hydroxylation is 1. The van der Waals surface area contributed by atoms with E-state index in [-0.39, 0.29) is 61.6 Å². The van der Waals surface area contributed by atoms with Crippen LogP contribution in [0.1, 0.15) is 51.4 Å². The van der Waals surface area contributed by atoms with Gasteiger partial charge in [0, 0.05) is 55.8 Å². The molecular formula is C33H32F3N5O5S. The summed E-state index contributed by atoms with van der Waals surface area (Å²) in [6.45, 7) is 5.10. The number of halogens is 3. The van der Waals surface area contributed by atoms with Gasteiger partial charge >= 0.3 is 11.9 Å². The number of benzene rings is 2. The molecule has 0 radical (unpaired) electrons. The van der Waals surface area contributed by atoms with E-state index in [4.69, 9.17) is 9.73 Å². The maximum atomic E-state index is 16.4. The van der Waals surface area contributed by atoms with Crippen molar-refractivity contribution in [2.45, 2.75) is 38.9 Å². The topological polar surface area (TPSA) is 124 Å². The second-order valence-corrected chi connectivity index (χ2v) is 12.7. The second-order valence-electron chi connectivity index (χ2n) is 11.8. The first-order chi connectivity index (χ1) is 22.4. The van der Waals surface area contributed by atoms with E-state index < -0.39 is 47.1 Å². The molecule has 2 aromatic carbocycles. The highest BCUT2D eigenvalue weighted by Gasteiger charge is 2.58. The molecule has 3 aliphatic rings. The molecule has 0 saturated carbocycles. The summed E-state index contributed by atoms with van der Waals surface area (Å²) in [6.07, 6.45) is 1.44. The number of aromatic carboxylic acids is 1. The third-order valence-electron chi connectivity index (χ3n) is 8.98. The lowest BCUT2D eigenvalue weighted by Crippen LogP contribution is -2.52. The van der Waals surface area contributed by atoms with Crippen LogP contribution in [0.2, 0.25) is 0 Å². The molecule has 10 nitrogen and oxygen atoms in total. The first kappa shape index (κ1) is 32.4. The molecule has 246 valence electrons. The number of amides is 1. The first-order valence-electron chi connectivity index (χ1n) is 15.1. The Morgan fingerprint density at radius 1 is 1.19 bits per heavy atom. The predicted octanol–water partition coefficient (Wildman–Crippen LogP) is 4.72. The minimum Gasteiger partial charge on any atom is -0.478 e. The number of carboxylic acids is 1. The minimum absolute atomic E-state index is 0.0884. The number of alkyl halides is 1. The number of ether oxygens (including phenoxy) is 1. The summed E-state index contributed by atoms with van der Waals surface area (Å²) in [7, 11) is 0. The Hall–Kier alpha value is -4.56. The number of hydrogen-bond donors (Lipinski definition) is 2. The van der Waals surface area contributed by atoms with Gasteiger partial charge in [0.1, 0.15) is 17.7 Å². The number of aliphatic imine (C=N–C) groups is 1. The number of carboxylic acid groups (broad SMARTS) is 1. The Morgan fingerprint density at radius 2 is 1.98 bits per heavy atom. The van der Waals surface area contributed by atoms with Gasteiger partial charge in [0.15, 0.2) is 16.5 Å². The smallest absolute Gasteiger partial charge is 0.338 e. The Bertz CT molecular complexity index is 1830. The zero-order valence-electron chi connectivity index (χ0n) is 25.8. The number of likely N-dealkylation sites (tertiary alicyclic amines) is 1. The van der Waals surface area contributed by atoms with Crippen LogP contribution in [0.5, 0.6) is 0 Å². The maximum Gasteiger partial charge on any atom is 0.338 e. The van der Waals surface area contributed by atoms with Crippen LogP contribution in [0, 0.1) is 31.4 Å². The van der Waals surface area contributed by atoms with E-state index in [1.165, 1.54) is 30.4 Å². The van der Waals surface area contributed by atoms with Crippen LogP contribution in [-0.2, 0) is 14.3 Å². The van der Waals surface area contributed by atoms with Crippen molar-refractivity contribution >= 4 is 40.7 Å². The van der Waals surface area contributed by atoms with Crippen LogP contribution < -0.4 is 10.2 Å². The van der Waals surface area contributed by atoms with Crippen molar-refractivity contribution < 1.29 is 37.4 Å². The Kier molecular flexibility index (Phi) is 8.66. The lowest BCUT2D eigenvalue weighted by atomic mass is 9.84. The van der Waals surface area contributed by atoms with E-state index >= 15 is 8.78 Å². The van der Waals surface area contributed by atoms with E-state index in [1.54, 1.807) is 37.6 Å². The van der Waals surface area contributed by atoms with Crippen molar-refractivity contribution in [2.75, 3.05) is 37.7 Å². The molecule has 3 aliphatic heterocycles. The SMILES string of the molecule is CCOC(=O)C1=C(CN2CC[C@]3(F)C(=O)N(c4cc(C)c(C(=O)O)cc4F)C[C@@H]3C2)NC(c2nccs2)=N[C@H]1c1cccc(F)c1C. The van der Waals surface area contributed by atoms with Crippen LogP contribution in [-0.4, -0.2) is 77.1 Å². The molecule has 3 aromatic rings. The Labute approximate surface area is 272 Å². The van der Waals surface area contributed by atoms with Crippen LogP contribution >= 0.6 is 11.3 Å². The molecule has 14 heteroatoms. The minimum atomic E-state index is -2.25. The number of aromatic nitrogens is 1. The Morgan fingerprint density at radius 3 is 2.68 bits per heavy atom. The third kappa shape index (κ3) is 5.80. The summed E-state index contributed by atoms with van der Waals surface area (Å²) >= 11 is 1.33. The predicted molar refractivity (Wildman–Crippen MR) is 168 cm³/mol. The number of piperidine rings is 1. The molecule has 4 heterocycles. The highest BCUT2D eigenvalue weighted by molar-refractivity contribution is 7.11. The van der Waals surface area contributed by atoms with Gasteiger partial charge in [-0.15, -0.1) is 11.3 Å². The van der Waals surface area contributed by atoms with Gasteiger partial charge in [0.05, 0.1) is 23.4 Å². The molecule has 2 fully saturated rings. The van der Waals surface area contributed by atoms with Gasteiger partial charge in [0.2, 0.25) is 0 Å². The van der Waals surface area contributed by atoms with Gasteiger partial charge < -0.3 is 20.1 Å². The van der Waals surface area contributed by atoms with Crippen molar-refractivity contribution in [1.82, 2.24) is 15.2 Å². The van der Waals surface area contributed by atoms with Crippen molar-refractivity contribution in [1.29, 1.82) is 0 Å². The van der Waals surface area contributed by atoms with E-state index in [0.29, 0.717) is 27.7 Å². The second kappa shape index (κ2) is 12.6. The van der Waals surface area contributed by atoms with Gasteiger partial charge in [-0.05, 0) is 55.7 Å². The van der Waals surface area contributed by atoms with Crippen LogP contribution in [0.15, 0.2) is 58.2 Å². The summed E-state index contributed by atoms with van der Waals surface area (Å²) in [5, 5.41) is 14.9. The molecule has 1 aromatic heterocycles.